The van der Waals surface area contributed by atoms with E-state index in [4.69, 9.17) is 4.74 Å². The number of nitrogens with one attached hydrogen (secondary N) is 1. The SMILES string of the molecule is COc1cccc(C(C)NCC(O)c2ccsc2)c1. The predicted octanol–water partition coefficient (Wildman–Crippen LogP) is 3.14. The molecule has 0 saturated carbocycles. The van der Waals surface area contributed by atoms with E-state index < -0.39 is 6.10 Å². The lowest BCUT2D eigenvalue weighted by Crippen LogP contribution is -2.24. The number of rotatable bonds is 6. The highest BCUT2D eigenvalue weighted by Crippen LogP contribution is 2.20. The lowest BCUT2D eigenvalue weighted by molar-refractivity contribution is 0.171. The number of hydrogen-bond acceptors (Lipinski definition) is 4. The van der Waals surface area contributed by atoms with Crippen LogP contribution >= 0.6 is 11.3 Å². The van der Waals surface area contributed by atoms with Crippen LogP contribution < -0.4 is 10.1 Å². The monoisotopic (exact) mass is 277 g/mol. The maximum Gasteiger partial charge on any atom is 0.119 e. The van der Waals surface area contributed by atoms with Crippen LogP contribution in [0.5, 0.6) is 5.75 Å². The molecule has 0 aliphatic carbocycles. The summed E-state index contributed by atoms with van der Waals surface area (Å²) in [6, 6.07) is 10.1. The van der Waals surface area contributed by atoms with Crippen LogP contribution in [0.1, 0.15) is 30.2 Å². The van der Waals surface area contributed by atoms with Crippen LogP contribution in [-0.4, -0.2) is 18.8 Å². The molecule has 2 N–H and O–H groups in total. The highest BCUT2D eigenvalue weighted by Gasteiger charge is 2.11. The van der Waals surface area contributed by atoms with Crippen LogP contribution in [0.25, 0.3) is 0 Å². The topological polar surface area (TPSA) is 41.5 Å². The molecule has 2 unspecified atom stereocenters. The van der Waals surface area contributed by atoms with Crippen LogP contribution in [0.2, 0.25) is 0 Å². The smallest absolute Gasteiger partial charge is 0.119 e. The van der Waals surface area contributed by atoms with Gasteiger partial charge in [0.15, 0.2) is 0 Å². The van der Waals surface area contributed by atoms with E-state index in [1.165, 1.54) is 0 Å². The average molecular weight is 277 g/mol. The lowest BCUT2D eigenvalue weighted by atomic mass is 10.1. The Morgan fingerprint density at radius 3 is 2.84 bits per heavy atom. The van der Waals surface area contributed by atoms with Crippen LogP contribution in [0.4, 0.5) is 0 Å². The molecular weight excluding hydrogens is 258 g/mol. The molecule has 2 rings (SSSR count). The molecule has 0 bridgehead atoms. The Bertz CT molecular complexity index is 499. The summed E-state index contributed by atoms with van der Waals surface area (Å²) < 4.78 is 5.21. The van der Waals surface area contributed by atoms with Gasteiger partial charge < -0.3 is 15.2 Å². The Balaban J connectivity index is 1.91. The van der Waals surface area contributed by atoms with Gasteiger partial charge in [0.05, 0.1) is 13.2 Å². The number of aliphatic hydroxyl groups excluding tert-OH is 1. The van der Waals surface area contributed by atoms with Gasteiger partial charge in [0.2, 0.25) is 0 Å². The quantitative estimate of drug-likeness (QED) is 0.852. The largest absolute Gasteiger partial charge is 0.497 e. The summed E-state index contributed by atoms with van der Waals surface area (Å²) in [5, 5.41) is 17.3. The minimum Gasteiger partial charge on any atom is -0.497 e. The van der Waals surface area contributed by atoms with E-state index in [-0.39, 0.29) is 6.04 Å². The molecule has 0 aliphatic rings. The molecule has 1 aromatic carbocycles. The highest BCUT2D eigenvalue weighted by atomic mass is 32.1. The summed E-state index contributed by atoms with van der Waals surface area (Å²) in [6.45, 7) is 2.62. The van der Waals surface area contributed by atoms with Gasteiger partial charge in [-0.05, 0) is 47.0 Å². The molecule has 4 heteroatoms. The van der Waals surface area contributed by atoms with Crippen molar-refractivity contribution in [3.63, 3.8) is 0 Å². The van der Waals surface area contributed by atoms with Crippen molar-refractivity contribution >= 4 is 11.3 Å². The molecule has 0 aliphatic heterocycles. The molecule has 0 saturated heterocycles. The maximum atomic E-state index is 10.0. The second-order valence-corrected chi connectivity index (χ2v) is 5.26. The fourth-order valence-electron chi connectivity index (χ4n) is 1.90. The number of benzene rings is 1. The molecule has 0 fully saturated rings. The second-order valence-electron chi connectivity index (χ2n) is 4.48. The van der Waals surface area contributed by atoms with Crippen molar-refractivity contribution in [1.29, 1.82) is 0 Å². The third-order valence-corrected chi connectivity index (χ3v) is 3.84. The van der Waals surface area contributed by atoms with Gasteiger partial charge in [0.1, 0.15) is 5.75 Å². The van der Waals surface area contributed by atoms with E-state index >= 15 is 0 Å². The molecule has 1 heterocycles. The Morgan fingerprint density at radius 2 is 2.16 bits per heavy atom. The Kier molecular flexibility index (Phi) is 4.96. The minimum absolute atomic E-state index is 0.170. The van der Waals surface area contributed by atoms with E-state index in [0.29, 0.717) is 6.54 Å². The molecule has 0 radical (unpaired) electrons. The number of methoxy groups -OCH3 is 1. The van der Waals surface area contributed by atoms with Crippen molar-refractivity contribution < 1.29 is 9.84 Å². The third kappa shape index (κ3) is 3.80. The maximum absolute atomic E-state index is 10.0. The van der Waals surface area contributed by atoms with Crippen LogP contribution in [0, 0.1) is 0 Å². The van der Waals surface area contributed by atoms with Crippen molar-refractivity contribution in [2.24, 2.45) is 0 Å². The van der Waals surface area contributed by atoms with Gasteiger partial charge in [-0.25, -0.2) is 0 Å². The number of aliphatic hydroxyl groups is 1. The van der Waals surface area contributed by atoms with Gasteiger partial charge in [-0.3, -0.25) is 0 Å². The van der Waals surface area contributed by atoms with Crippen LogP contribution in [-0.2, 0) is 0 Å². The van der Waals surface area contributed by atoms with Crippen molar-refractivity contribution in [3.05, 3.63) is 52.2 Å². The molecule has 0 spiro atoms. The van der Waals surface area contributed by atoms with Gasteiger partial charge >= 0.3 is 0 Å². The Labute approximate surface area is 117 Å². The van der Waals surface area contributed by atoms with Gasteiger partial charge in [0, 0.05) is 12.6 Å². The first-order chi connectivity index (χ1) is 9.20. The first-order valence-electron chi connectivity index (χ1n) is 6.28. The predicted molar refractivity (Wildman–Crippen MR) is 78.7 cm³/mol. The van der Waals surface area contributed by atoms with Crippen molar-refractivity contribution in [1.82, 2.24) is 5.32 Å². The first kappa shape index (κ1) is 14.1. The van der Waals surface area contributed by atoms with Gasteiger partial charge in [-0.1, -0.05) is 12.1 Å². The molecule has 1 aromatic heterocycles. The second kappa shape index (κ2) is 6.70. The molecular formula is C15H19NO2S. The normalized spacial score (nSPS) is 14.1. The lowest BCUT2D eigenvalue weighted by Gasteiger charge is -2.17. The van der Waals surface area contributed by atoms with Gasteiger partial charge in [-0.2, -0.15) is 11.3 Å². The fraction of sp³-hybridized carbons (Fsp3) is 0.333. The highest BCUT2D eigenvalue weighted by molar-refractivity contribution is 7.07. The Morgan fingerprint density at radius 1 is 1.32 bits per heavy atom. The molecule has 2 atom stereocenters. The summed E-state index contributed by atoms with van der Waals surface area (Å²) in [5.74, 6) is 0.851. The Hall–Kier alpha value is -1.36. The van der Waals surface area contributed by atoms with Crippen molar-refractivity contribution in [2.75, 3.05) is 13.7 Å². The fourth-order valence-corrected chi connectivity index (χ4v) is 2.61. The van der Waals surface area contributed by atoms with E-state index in [1.807, 2.05) is 35.0 Å². The number of ether oxygens (including phenoxy) is 1. The molecule has 102 valence electrons. The summed E-state index contributed by atoms with van der Waals surface area (Å²) >= 11 is 1.60. The standard InChI is InChI=1S/C15H19NO2S/c1-11(12-4-3-5-14(8-12)18-2)16-9-15(17)13-6-7-19-10-13/h3-8,10-11,15-17H,9H2,1-2H3. The van der Waals surface area contributed by atoms with E-state index in [9.17, 15) is 5.11 Å². The molecule has 2 aromatic rings. The zero-order valence-electron chi connectivity index (χ0n) is 11.2. The summed E-state index contributed by atoms with van der Waals surface area (Å²) in [6.07, 6.45) is -0.459. The molecule has 19 heavy (non-hydrogen) atoms. The number of thiophene rings is 1. The average Bonchev–Trinajstić information content (AvgIpc) is 2.98. The van der Waals surface area contributed by atoms with E-state index in [0.717, 1.165) is 16.9 Å². The van der Waals surface area contributed by atoms with Gasteiger partial charge in [0.25, 0.3) is 0 Å². The molecule has 3 nitrogen and oxygen atoms in total. The van der Waals surface area contributed by atoms with Crippen molar-refractivity contribution in [2.45, 2.75) is 19.1 Å². The van der Waals surface area contributed by atoms with E-state index in [2.05, 4.69) is 18.3 Å². The van der Waals surface area contributed by atoms with Crippen LogP contribution in [0.15, 0.2) is 41.1 Å². The third-order valence-electron chi connectivity index (χ3n) is 3.14. The first-order valence-corrected chi connectivity index (χ1v) is 7.22. The summed E-state index contributed by atoms with van der Waals surface area (Å²) in [5.41, 5.74) is 2.12. The summed E-state index contributed by atoms with van der Waals surface area (Å²) in [7, 11) is 1.66. The summed E-state index contributed by atoms with van der Waals surface area (Å²) in [4.78, 5) is 0. The minimum atomic E-state index is -0.459. The zero-order chi connectivity index (χ0) is 13.7. The van der Waals surface area contributed by atoms with Crippen LogP contribution in [0.3, 0.4) is 0 Å². The zero-order valence-corrected chi connectivity index (χ0v) is 12.0. The van der Waals surface area contributed by atoms with Crippen molar-refractivity contribution in [3.8, 4) is 5.75 Å². The number of hydrogen-bond donors (Lipinski definition) is 2. The van der Waals surface area contributed by atoms with E-state index in [1.54, 1.807) is 18.4 Å². The molecule has 0 amide bonds. The van der Waals surface area contributed by atoms with Gasteiger partial charge in [-0.15, -0.1) is 0 Å².